The minimum atomic E-state index is -0.467. The quantitative estimate of drug-likeness (QED) is 0.630. The summed E-state index contributed by atoms with van der Waals surface area (Å²) in [6, 6.07) is 9.98. The molecule has 0 saturated carbocycles. The van der Waals surface area contributed by atoms with Gasteiger partial charge < -0.3 is 4.42 Å². The Morgan fingerprint density at radius 3 is 2.88 bits per heavy atom. The maximum absolute atomic E-state index is 12.4. The summed E-state index contributed by atoms with van der Waals surface area (Å²) in [5.41, 5.74) is 2.83. The second kappa shape index (κ2) is 7.69. The zero-order valence-electron chi connectivity index (χ0n) is 12.6. The first-order valence-electron chi connectivity index (χ1n) is 7.09. The zero-order valence-corrected chi connectivity index (χ0v) is 15.0. The first-order chi connectivity index (χ1) is 12.0. The van der Waals surface area contributed by atoms with Gasteiger partial charge in [-0.1, -0.05) is 35.5 Å². The van der Waals surface area contributed by atoms with Gasteiger partial charge in [0.05, 0.1) is 11.2 Å². The molecular weight excluding hydrogens is 380 g/mol. The fourth-order valence-corrected chi connectivity index (χ4v) is 3.31. The van der Waals surface area contributed by atoms with Crippen molar-refractivity contribution in [2.45, 2.75) is 0 Å². The van der Waals surface area contributed by atoms with Crippen LogP contribution < -0.4 is 5.43 Å². The molecule has 1 aliphatic rings. The summed E-state index contributed by atoms with van der Waals surface area (Å²) in [6.45, 7) is 0. The molecule has 0 radical (unpaired) electrons. The van der Waals surface area contributed by atoms with E-state index in [0.717, 1.165) is 16.8 Å². The zero-order chi connectivity index (χ0) is 17.8. The van der Waals surface area contributed by atoms with E-state index in [-0.39, 0.29) is 4.32 Å². The molecule has 0 unspecified atom stereocenters. The first kappa shape index (κ1) is 17.5. The van der Waals surface area contributed by atoms with Crippen molar-refractivity contribution in [1.82, 2.24) is 10.4 Å². The van der Waals surface area contributed by atoms with Gasteiger partial charge >= 0.3 is 0 Å². The summed E-state index contributed by atoms with van der Waals surface area (Å²) in [7, 11) is 0. The lowest BCUT2D eigenvalue weighted by Crippen LogP contribution is -2.44. The van der Waals surface area contributed by atoms with Gasteiger partial charge in [-0.25, -0.2) is 0 Å². The number of rotatable bonds is 4. The van der Waals surface area contributed by atoms with Crippen molar-refractivity contribution < 1.29 is 14.0 Å². The predicted octanol–water partition coefficient (Wildman–Crippen LogP) is 4.04. The molecule has 2 aromatic rings. The number of benzene rings is 1. The van der Waals surface area contributed by atoms with Crippen LogP contribution in [0.4, 0.5) is 0 Å². The highest BCUT2D eigenvalue weighted by Crippen LogP contribution is 2.29. The molecule has 3 rings (SSSR count). The van der Waals surface area contributed by atoms with Gasteiger partial charge in [0.25, 0.3) is 11.8 Å². The van der Waals surface area contributed by atoms with Crippen LogP contribution in [0.25, 0.3) is 6.08 Å². The van der Waals surface area contributed by atoms with Gasteiger partial charge in [0, 0.05) is 10.6 Å². The van der Waals surface area contributed by atoms with Crippen LogP contribution in [0.15, 0.2) is 64.1 Å². The molecule has 0 aliphatic carbocycles. The molecule has 1 aromatic heterocycles. The largest absolute Gasteiger partial charge is 0.465 e. The molecule has 1 fully saturated rings. The summed E-state index contributed by atoms with van der Waals surface area (Å²) < 4.78 is 5.41. The van der Waals surface area contributed by atoms with E-state index in [2.05, 4.69) is 5.43 Å². The number of thiocarbonyl (C=S) groups is 1. The third-order valence-electron chi connectivity index (χ3n) is 3.15. The SMILES string of the molecule is O=C(NN1C(=O)C(=CC=Cc2ccco2)SC1=S)c1cccc(Cl)c1. The van der Waals surface area contributed by atoms with Gasteiger partial charge in [-0.3, -0.25) is 15.0 Å². The Bertz CT molecular complexity index is 891. The molecule has 1 saturated heterocycles. The van der Waals surface area contributed by atoms with Crippen LogP contribution in [0.3, 0.4) is 0 Å². The molecule has 1 aromatic carbocycles. The van der Waals surface area contributed by atoms with Crippen LogP contribution >= 0.6 is 35.6 Å². The summed E-state index contributed by atoms with van der Waals surface area (Å²) in [5.74, 6) is -0.193. The van der Waals surface area contributed by atoms with Gasteiger partial charge in [0.2, 0.25) is 0 Å². The number of furan rings is 1. The highest BCUT2D eigenvalue weighted by Gasteiger charge is 2.33. The molecule has 0 bridgehead atoms. The molecule has 1 N–H and O–H groups in total. The molecule has 1 aliphatic heterocycles. The van der Waals surface area contributed by atoms with Gasteiger partial charge in [0.1, 0.15) is 5.76 Å². The van der Waals surface area contributed by atoms with Crippen molar-refractivity contribution in [3.8, 4) is 0 Å². The van der Waals surface area contributed by atoms with Gasteiger partial charge in [-0.05, 0) is 54.7 Å². The fraction of sp³-hybridized carbons (Fsp3) is 0. The van der Waals surface area contributed by atoms with Crippen LogP contribution in [0.5, 0.6) is 0 Å². The lowest BCUT2D eigenvalue weighted by molar-refractivity contribution is -0.123. The minimum absolute atomic E-state index is 0.248. The van der Waals surface area contributed by atoms with Crippen LogP contribution in [0, 0.1) is 0 Å². The number of hydrogen-bond donors (Lipinski definition) is 1. The molecular formula is C17H11ClN2O3S2. The molecule has 8 heteroatoms. The molecule has 2 heterocycles. The Balaban J connectivity index is 1.70. The second-order valence-corrected chi connectivity index (χ2v) is 6.98. The average molecular weight is 391 g/mol. The number of carbonyl (C=O) groups excluding carboxylic acids is 2. The van der Waals surface area contributed by atoms with E-state index in [1.54, 1.807) is 54.8 Å². The molecule has 0 atom stereocenters. The number of hydrazine groups is 1. The Labute approximate surface area is 158 Å². The van der Waals surface area contributed by atoms with Crippen molar-refractivity contribution in [1.29, 1.82) is 0 Å². The van der Waals surface area contributed by atoms with E-state index in [1.807, 2.05) is 0 Å². The fourth-order valence-electron chi connectivity index (χ4n) is 1.99. The number of nitrogens with one attached hydrogen (secondary N) is 1. The maximum atomic E-state index is 12.4. The normalized spacial score (nSPS) is 16.2. The predicted molar refractivity (Wildman–Crippen MR) is 102 cm³/mol. The van der Waals surface area contributed by atoms with E-state index < -0.39 is 11.8 Å². The summed E-state index contributed by atoms with van der Waals surface area (Å²) in [6.07, 6.45) is 6.58. The van der Waals surface area contributed by atoms with Crippen LogP contribution in [-0.4, -0.2) is 21.1 Å². The van der Waals surface area contributed by atoms with Crippen molar-refractivity contribution >= 4 is 57.8 Å². The summed E-state index contributed by atoms with van der Waals surface area (Å²) in [4.78, 5) is 25.0. The molecule has 2 amide bonds. The van der Waals surface area contributed by atoms with E-state index >= 15 is 0 Å². The third-order valence-corrected chi connectivity index (χ3v) is 4.70. The number of halogens is 1. The molecule has 25 heavy (non-hydrogen) atoms. The number of nitrogens with zero attached hydrogens (tertiary/aromatic N) is 1. The second-order valence-electron chi connectivity index (χ2n) is 4.87. The highest BCUT2D eigenvalue weighted by atomic mass is 35.5. The topological polar surface area (TPSA) is 62.6 Å². The van der Waals surface area contributed by atoms with Crippen molar-refractivity contribution in [2.75, 3.05) is 0 Å². The van der Waals surface area contributed by atoms with E-state index in [9.17, 15) is 9.59 Å². The highest BCUT2D eigenvalue weighted by molar-refractivity contribution is 8.26. The maximum Gasteiger partial charge on any atom is 0.285 e. The lowest BCUT2D eigenvalue weighted by atomic mass is 10.2. The van der Waals surface area contributed by atoms with Crippen LogP contribution in [0.1, 0.15) is 16.1 Å². The molecule has 0 spiro atoms. The number of hydrogen-bond acceptors (Lipinski definition) is 5. The summed E-state index contributed by atoms with van der Waals surface area (Å²) in [5, 5.41) is 1.48. The Hall–Kier alpha value is -2.35. The van der Waals surface area contributed by atoms with E-state index in [4.69, 9.17) is 28.2 Å². The van der Waals surface area contributed by atoms with E-state index in [0.29, 0.717) is 21.3 Å². The smallest absolute Gasteiger partial charge is 0.285 e. The summed E-state index contributed by atoms with van der Waals surface area (Å²) >= 11 is 12.1. The Morgan fingerprint density at radius 1 is 1.32 bits per heavy atom. The van der Waals surface area contributed by atoms with Crippen molar-refractivity contribution in [3.05, 3.63) is 76.1 Å². The van der Waals surface area contributed by atoms with Gasteiger partial charge in [-0.15, -0.1) is 0 Å². The van der Waals surface area contributed by atoms with Gasteiger partial charge in [0.15, 0.2) is 4.32 Å². The Morgan fingerprint density at radius 2 is 2.16 bits per heavy atom. The minimum Gasteiger partial charge on any atom is -0.465 e. The molecule has 126 valence electrons. The van der Waals surface area contributed by atoms with Crippen molar-refractivity contribution in [2.24, 2.45) is 0 Å². The van der Waals surface area contributed by atoms with Crippen molar-refractivity contribution in [3.63, 3.8) is 0 Å². The average Bonchev–Trinajstić information content (AvgIpc) is 3.19. The lowest BCUT2D eigenvalue weighted by Gasteiger charge is -2.15. The first-order valence-corrected chi connectivity index (χ1v) is 8.69. The molecule has 5 nitrogen and oxygen atoms in total. The third kappa shape index (κ3) is 4.19. The number of amides is 2. The van der Waals surface area contributed by atoms with Crippen LogP contribution in [-0.2, 0) is 4.79 Å². The standard InChI is InChI=1S/C17H11ClN2O3S2/c18-12-5-1-4-11(10-12)15(21)19-20-16(22)14(25-17(20)24)8-2-6-13-7-3-9-23-13/h1-10H,(H,19,21). The van der Waals surface area contributed by atoms with E-state index in [1.165, 1.54) is 6.07 Å². The monoisotopic (exact) mass is 390 g/mol. The number of carbonyl (C=O) groups is 2. The Kier molecular flexibility index (Phi) is 5.37. The number of thioether (sulfide) groups is 1. The van der Waals surface area contributed by atoms with Crippen LogP contribution in [0.2, 0.25) is 5.02 Å². The van der Waals surface area contributed by atoms with Gasteiger partial charge in [-0.2, -0.15) is 5.01 Å². The number of allylic oxidation sites excluding steroid dienone is 2.